The van der Waals surface area contributed by atoms with Crippen molar-refractivity contribution in [3.8, 4) is 0 Å². The van der Waals surface area contributed by atoms with Crippen LogP contribution < -0.4 is 5.32 Å². The summed E-state index contributed by atoms with van der Waals surface area (Å²) < 4.78 is 27.9. The smallest absolute Gasteiger partial charge is 0.129 e. The quantitative estimate of drug-likeness (QED) is 0.897. The molecule has 0 saturated carbocycles. The van der Waals surface area contributed by atoms with Crippen molar-refractivity contribution in [2.75, 3.05) is 13.1 Å². The molecule has 0 unspecified atom stereocenters. The fourth-order valence-corrected chi connectivity index (χ4v) is 3.46. The van der Waals surface area contributed by atoms with Gasteiger partial charge in [0.05, 0.1) is 0 Å². The van der Waals surface area contributed by atoms with Crippen LogP contribution in [0.4, 0.5) is 8.78 Å². The predicted molar refractivity (Wildman–Crippen MR) is 78.8 cm³/mol. The molecule has 1 N–H and O–H groups in total. The maximum Gasteiger partial charge on any atom is 0.129 e. The molecule has 0 spiro atoms. The molecule has 0 radical (unpaired) electrons. The van der Waals surface area contributed by atoms with E-state index in [-0.39, 0.29) is 5.41 Å². The third kappa shape index (κ3) is 2.38. The highest BCUT2D eigenvalue weighted by atomic mass is 79.9. The van der Waals surface area contributed by atoms with E-state index in [9.17, 15) is 8.78 Å². The molecule has 1 aliphatic heterocycles. The van der Waals surface area contributed by atoms with Gasteiger partial charge in [-0.1, -0.05) is 40.2 Å². The maximum atomic E-state index is 13.9. The van der Waals surface area contributed by atoms with E-state index in [0.29, 0.717) is 12.0 Å². The number of benzene rings is 2. The van der Waals surface area contributed by atoms with Crippen LogP contribution in [0.15, 0.2) is 46.9 Å². The van der Waals surface area contributed by atoms with Gasteiger partial charge in [0.1, 0.15) is 11.6 Å². The van der Waals surface area contributed by atoms with Crippen molar-refractivity contribution in [2.45, 2.75) is 11.8 Å². The Kier molecular flexibility index (Phi) is 3.61. The van der Waals surface area contributed by atoms with Crippen LogP contribution in [0.1, 0.15) is 11.1 Å². The van der Waals surface area contributed by atoms with Gasteiger partial charge in [-0.25, -0.2) is 8.78 Å². The fraction of sp³-hybridized carbons (Fsp3) is 0.250. The van der Waals surface area contributed by atoms with Crippen LogP contribution >= 0.6 is 15.9 Å². The van der Waals surface area contributed by atoms with Gasteiger partial charge in [-0.05, 0) is 29.7 Å². The molecule has 1 heterocycles. The Bertz CT molecular complexity index is 638. The van der Waals surface area contributed by atoms with E-state index >= 15 is 0 Å². The van der Waals surface area contributed by atoms with E-state index in [1.54, 1.807) is 6.07 Å². The van der Waals surface area contributed by atoms with Gasteiger partial charge in [-0.2, -0.15) is 0 Å². The van der Waals surface area contributed by atoms with E-state index in [4.69, 9.17) is 0 Å². The van der Waals surface area contributed by atoms with Crippen LogP contribution in [-0.4, -0.2) is 13.1 Å². The minimum Gasteiger partial charge on any atom is -0.315 e. The zero-order valence-electron chi connectivity index (χ0n) is 10.8. The number of hydrogen-bond donors (Lipinski definition) is 1. The van der Waals surface area contributed by atoms with Gasteiger partial charge in [-0.15, -0.1) is 0 Å². The molecular formula is C16H14BrF2N. The second-order valence-electron chi connectivity index (χ2n) is 5.28. The van der Waals surface area contributed by atoms with Crippen molar-refractivity contribution >= 4 is 15.9 Å². The summed E-state index contributed by atoms with van der Waals surface area (Å²) >= 11 is 3.57. The highest BCUT2D eigenvalue weighted by Crippen LogP contribution is 2.37. The summed E-state index contributed by atoms with van der Waals surface area (Å²) in [5.74, 6) is -1.00. The Hall–Kier alpha value is -1.26. The second-order valence-corrected chi connectivity index (χ2v) is 6.13. The number of rotatable bonds is 3. The Morgan fingerprint density at radius 3 is 2.45 bits per heavy atom. The Morgan fingerprint density at radius 1 is 1.10 bits per heavy atom. The standard InChI is InChI=1S/C16H14BrF2N/c17-14-4-2-1-3-13(14)16(9-20-10-16)8-11-5-6-12(18)7-15(11)19/h1-7,20H,8-10H2. The zero-order chi connectivity index (χ0) is 14.2. The number of hydrogen-bond acceptors (Lipinski definition) is 1. The van der Waals surface area contributed by atoms with E-state index in [1.807, 2.05) is 18.2 Å². The molecule has 1 fully saturated rings. The van der Waals surface area contributed by atoms with Crippen molar-refractivity contribution in [1.82, 2.24) is 5.32 Å². The molecule has 1 aliphatic rings. The van der Waals surface area contributed by atoms with Gasteiger partial charge in [-0.3, -0.25) is 0 Å². The topological polar surface area (TPSA) is 12.0 Å². The van der Waals surface area contributed by atoms with Crippen molar-refractivity contribution in [1.29, 1.82) is 0 Å². The van der Waals surface area contributed by atoms with Gasteiger partial charge < -0.3 is 5.32 Å². The van der Waals surface area contributed by atoms with Crippen LogP contribution in [-0.2, 0) is 11.8 Å². The molecule has 0 atom stereocenters. The summed E-state index contributed by atoms with van der Waals surface area (Å²) in [6, 6.07) is 11.8. The highest BCUT2D eigenvalue weighted by Gasteiger charge is 2.40. The molecular weight excluding hydrogens is 324 g/mol. The number of halogens is 3. The molecule has 0 aliphatic carbocycles. The van der Waals surface area contributed by atoms with E-state index in [2.05, 4.69) is 27.3 Å². The molecule has 2 aromatic rings. The lowest BCUT2D eigenvalue weighted by Crippen LogP contribution is -2.58. The summed E-state index contributed by atoms with van der Waals surface area (Å²) in [5, 5.41) is 3.26. The molecule has 3 rings (SSSR count). The lowest BCUT2D eigenvalue weighted by atomic mass is 9.71. The summed E-state index contributed by atoms with van der Waals surface area (Å²) in [6.45, 7) is 1.60. The Morgan fingerprint density at radius 2 is 1.85 bits per heavy atom. The molecule has 104 valence electrons. The average Bonchev–Trinajstić information content (AvgIpc) is 2.37. The third-order valence-corrected chi connectivity index (χ3v) is 4.61. The van der Waals surface area contributed by atoms with Crippen LogP contribution in [0, 0.1) is 11.6 Å². The van der Waals surface area contributed by atoms with Crippen molar-refractivity contribution in [3.63, 3.8) is 0 Å². The number of nitrogens with one attached hydrogen (secondary N) is 1. The molecule has 2 aromatic carbocycles. The summed E-state index contributed by atoms with van der Waals surface area (Å²) in [7, 11) is 0. The van der Waals surface area contributed by atoms with Crippen molar-refractivity contribution in [3.05, 3.63) is 69.7 Å². The Balaban J connectivity index is 1.96. The molecule has 0 aromatic heterocycles. The SMILES string of the molecule is Fc1ccc(CC2(c3ccccc3Br)CNC2)c(F)c1. The normalized spacial score (nSPS) is 16.8. The van der Waals surface area contributed by atoms with E-state index in [1.165, 1.54) is 11.6 Å². The maximum absolute atomic E-state index is 13.9. The molecule has 1 nitrogen and oxygen atoms in total. The predicted octanol–water partition coefficient (Wildman–Crippen LogP) is 3.81. The van der Waals surface area contributed by atoms with Crippen molar-refractivity contribution in [2.24, 2.45) is 0 Å². The largest absolute Gasteiger partial charge is 0.315 e. The third-order valence-electron chi connectivity index (χ3n) is 3.92. The average molecular weight is 338 g/mol. The molecule has 0 bridgehead atoms. The van der Waals surface area contributed by atoms with Gasteiger partial charge in [0.25, 0.3) is 0 Å². The molecule has 20 heavy (non-hydrogen) atoms. The van der Waals surface area contributed by atoms with Gasteiger partial charge in [0, 0.05) is 29.0 Å². The highest BCUT2D eigenvalue weighted by molar-refractivity contribution is 9.10. The first-order chi connectivity index (χ1) is 9.61. The van der Waals surface area contributed by atoms with Crippen LogP contribution in [0.3, 0.4) is 0 Å². The first kappa shape index (κ1) is 13.7. The first-order valence-electron chi connectivity index (χ1n) is 6.50. The minimum atomic E-state index is -0.534. The van der Waals surface area contributed by atoms with E-state index < -0.39 is 11.6 Å². The lowest BCUT2D eigenvalue weighted by molar-refractivity contribution is 0.271. The second kappa shape index (κ2) is 5.26. The monoisotopic (exact) mass is 337 g/mol. The van der Waals surface area contributed by atoms with Crippen LogP contribution in [0.5, 0.6) is 0 Å². The molecule has 1 saturated heterocycles. The van der Waals surface area contributed by atoms with E-state index in [0.717, 1.165) is 23.6 Å². The molecule has 0 amide bonds. The molecule has 4 heteroatoms. The summed E-state index contributed by atoms with van der Waals surface area (Å²) in [6.07, 6.45) is 0.564. The Labute approximate surface area is 125 Å². The van der Waals surface area contributed by atoms with Crippen LogP contribution in [0.2, 0.25) is 0 Å². The zero-order valence-corrected chi connectivity index (χ0v) is 12.4. The first-order valence-corrected chi connectivity index (χ1v) is 7.30. The summed E-state index contributed by atoms with van der Waals surface area (Å²) in [4.78, 5) is 0. The van der Waals surface area contributed by atoms with Gasteiger partial charge >= 0.3 is 0 Å². The van der Waals surface area contributed by atoms with Crippen LogP contribution in [0.25, 0.3) is 0 Å². The van der Waals surface area contributed by atoms with Gasteiger partial charge in [0.15, 0.2) is 0 Å². The van der Waals surface area contributed by atoms with Gasteiger partial charge in [0.2, 0.25) is 0 Å². The van der Waals surface area contributed by atoms with Crippen molar-refractivity contribution < 1.29 is 8.78 Å². The summed E-state index contributed by atoms with van der Waals surface area (Å²) in [5.41, 5.74) is 1.60. The lowest BCUT2D eigenvalue weighted by Gasteiger charge is -2.44. The fourth-order valence-electron chi connectivity index (χ4n) is 2.76. The minimum absolute atomic E-state index is 0.126.